The van der Waals surface area contributed by atoms with Crippen molar-refractivity contribution in [2.45, 2.75) is 37.4 Å². The average Bonchev–Trinajstić information content (AvgIpc) is 3.46. The number of nitrogens with zero attached hydrogens (tertiary/aromatic N) is 1. The number of furan rings is 1. The number of nitrogens with one attached hydrogen (secondary N) is 2. The van der Waals surface area contributed by atoms with E-state index in [-0.39, 0.29) is 11.9 Å². The molecular formula is C20H19N3O2S. The van der Waals surface area contributed by atoms with Gasteiger partial charge in [0.15, 0.2) is 5.76 Å². The van der Waals surface area contributed by atoms with Crippen LogP contribution in [0, 0.1) is 0 Å². The molecule has 3 aromatic rings. The SMILES string of the molecule is O=C(NC1CC2CCC1N2)c1ccc(-c2cccc(-c3ccns3)c2)o1. The van der Waals surface area contributed by atoms with Crippen molar-refractivity contribution in [3.05, 3.63) is 54.4 Å². The lowest BCUT2D eigenvalue weighted by Gasteiger charge is -2.20. The Morgan fingerprint density at radius 1 is 1.19 bits per heavy atom. The van der Waals surface area contributed by atoms with E-state index in [4.69, 9.17) is 4.42 Å². The normalized spacial score (nSPS) is 24.1. The van der Waals surface area contributed by atoms with E-state index in [9.17, 15) is 4.79 Å². The lowest BCUT2D eigenvalue weighted by atomic mass is 9.95. The first kappa shape index (κ1) is 15.8. The van der Waals surface area contributed by atoms with Gasteiger partial charge in [-0.25, -0.2) is 4.37 Å². The van der Waals surface area contributed by atoms with Gasteiger partial charge in [-0.1, -0.05) is 18.2 Å². The number of hydrogen-bond acceptors (Lipinski definition) is 5. The Morgan fingerprint density at radius 3 is 2.88 bits per heavy atom. The Morgan fingerprint density at radius 2 is 2.12 bits per heavy atom. The van der Waals surface area contributed by atoms with Crippen LogP contribution >= 0.6 is 11.5 Å². The minimum Gasteiger partial charge on any atom is -0.451 e. The molecule has 2 aliphatic heterocycles. The number of carbonyl (C=O) groups is 1. The summed E-state index contributed by atoms with van der Waals surface area (Å²) in [7, 11) is 0. The fourth-order valence-corrected chi connectivity index (χ4v) is 4.62. The first-order valence-electron chi connectivity index (χ1n) is 8.94. The van der Waals surface area contributed by atoms with Gasteiger partial charge in [-0.2, -0.15) is 0 Å². The Bertz CT molecular complexity index is 934. The highest BCUT2D eigenvalue weighted by Crippen LogP contribution is 2.30. The van der Waals surface area contributed by atoms with E-state index >= 15 is 0 Å². The predicted molar refractivity (Wildman–Crippen MR) is 101 cm³/mol. The van der Waals surface area contributed by atoms with Gasteiger partial charge >= 0.3 is 0 Å². The summed E-state index contributed by atoms with van der Waals surface area (Å²) >= 11 is 1.46. The van der Waals surface area contributed by atoms with Gasteiger partial charge in [-0.3, -0.25) is 4.79 Å². The first-order valence-corrected chi connectivity index (χ1v) is 9.72. The van der Waals surface area contributed by atoms with Gasteiger partial charge < -0.3 is 15.1 Å². The fourth-order valence-electron chi connectivity index (χ4n) is 4.03. The van der Waals surface area contributed by atoms with E-state index in [0.29, 0.717) is 23.6 Å². The van der Waals surface area contributed by atoms with Gasteiger partial charge in [0.1, 0.15) is 5.76 Å². The van der Waals surface area contributed by atoms with Gasteiger partial charge in [0.25, 0.3) is 5.91 Å². The van der Waals surface area contributed by atoms with Crippen molar-refractivity contribution in [3.63, 3.8) is 0 Å². The van der Waals surface area contributed by atoms with Crippen molar-refractivity contribution in [2.24, 2.45) is 0 Å². The van der Waals surface area contributed by atoms with Crippen molar-refractivity contribution in [2.75, 3.05) is 0 Å². The van der Waals surface area contributed by atoms with Gasteiger partial charge in [0, 0.05) is 29.9 Å². The molecule has 0 radical (unpaired) electrons. The standard InChI is InChI=1S/C20H19N3O2S/c24-20(23-16-11-14-4-5-15(16)22-14)18-7-6-17(25-18)12-2-1-3-13(10-12)19-8-9-21-26-19/h1-3,6-10,14-16,22H,4-5,11H2,(H,23,24). The average molecular weight is 365 g/mol. The molecule has 3 atom stereocenters. The molecule has 2 saturated heterocycles. The van der Waals surface area contributed by atoms with Crippen LogP contribution in [0.15, 0.2) is 53.1 Å². The zero-order valence-corrected chi connectivity index (χ0v) is 15.0. The maximum atomic E-state index is 12.5. The molecule has 132 valence electrons. The maximum absolute atomic E-state index is 12.5. The van der Waals surface area contributed by atoms with E-state index in [1.165, 1.54) is 18.0 Å². The second-order valence-electron chi connectivity index (χ2n) is 6.98. The predicted octanol–water partition coefficient (Wildman–Crippen LogP) is 3.69. The fraction of sp³-hybridized carbons (Fsp3) is 0.300. The molecule has 2 aliphatic rings. The lowest BCUT2D eigenvalue weighted by Crippen LogP contribution is -2.42. The molecule has 5 rings (SSSR count). The van der Waals surface area contributed by atoms with Crippen LogP contribution < -0.4 is 10.6 Å². The molecule has 4 heterocycles. The van der Waals surface area contributed by atoms with Crippen LogP contribution in [-0.2, 0) is 0 Å². The van der Waals surface area contributed by atoms with Crippen LogP contribution in [0.2, 0.25) is 0 Å². The van der Waals surface area contributed by atoms with Crippen molar-refractivity contribution < 1.29 is 9.21 Å². The smallest absolute Gasteiger partial charge is 0.287 e. The topological polar surface area (TPSA) is 67.2 Å². The van der Waals surface area contributed by atoms with Gasteiger partial charge in [-0.15, -0.1) is 0 Å². The Labute approximate surface area is 155 Å². The zero-order chi connectivity index (χ0) is 17.5. The number of rotatable bonds is 4. The zero-order valence-electron chi connectivity index (χ0n) is 14.1. The molecule has 1 aromatic carbocycles. The molecule has 6 heteroatoms. The number of carbonyl (C=O) groups excluding carboxylic acids is 1. The summed E-state index contributed by atoms with van der Waals surface area (Å²) in [4.78, 5) is 13.6. The summed E-state index contributed by atoms with van der Waals surface area (Å²) in [5.41, 5.74) is 2.05. The number of hydrogen-bond donors (Lipinski definition) is 2. The number of benzene rings is 1. The second kappa shape index (κ2) is 6.37. The Balaban J connectivity index is 1.34. The third-order valence-corrected chi connectivity index (χ3v) is 6.11. The molecule has 2 bridgehead atoms. The summed E-state index contributed by atoms with van der Waals surface area (Å²) in [5.74, 6) is 0.938. The van der Waals surface area contributed by atoms with E-state index in [0.717, 1.165) is 28.8 Å². The quantitative estimate of drug-likeness (QED) is 0.740. The molecule has 3 unspecified atom stereocenters. The third-order valence-electron chi connectivity index (χ3n) is 5.32. The van der Waals surface area contributed by atoms with E-state index in [1.54, 1.807) is 12.3 Å². The lowest BCUT2D eigenvalue weighted by molar-refractivity contribution is 0.0903. The molecule has 2 fully saturated rings. The summed E-state index contributed by atoms with van der Waals surface area (Å²) in [6.07, 6.45) is 5.18. The van der Waals surface area contributed by atoms with Gasteiger partial charge in [-0.05, 0) is 60.6 Å². The van der Waals surface area contributed by atoms with Crippen LogP contribution in [-0.4, -0.2) is 28.4 Å². The van der Waals surface area contributed by atoms with Crippen LogP contribution in [0.25, 0.3) is 21.8 Å². The molecule has 2 aromatic heterocycles. The molecule has 2 N–H and O–H groups in total. The van der Waals surface area contributed by atoms with Crippen molar-refractivity contribution in [3.8, 4) is 21.8 Å². The molecule has 1 amide bonds. The summed E-state index contributed by atoms with van der Waals surface area (Å²) in [6.45, 7) is 0. The van der Waals surface area contributed by atoms with Gasteiger partial charge in [0.05, 0.1) is 4.88 Å². The van der Waals surface area contributed by atoms with E-state index in [1.807, 2.05) is 24.3 Å². The van der Waals surface area contributed by atoms with Crippen molar-refractivity contribution in [1.29, 1.82) is 0 Å². The second-order valence-corrected chi connectivity index (χ2v) is 7.82. The minimum atomic E-state index is -0.130. The van der Waals surface area contributed by atoms with Gasteiger partial charge in [0.2, 0.25) is 0 Å². The van der Waals surface area contributed by atoms with Crippen molar-refractivity contribution in [1.82, 2.24) is 15.0 Å². The minimum absolute atomic E-state index is 0.130. The highest BCUT2D eigenvalue weighted by atomic mass is 32.1. The highest BCUT2D eigenvalue weighted by molar-refractivity contribution is 7.09. The number of fused-ring (bicyclic) bond motifs is 2. The monoisotopic (exact) mass is 365 g/mol. The molecule has 0 aliphatic carbocycles. The van der Waals surface area contributed by atoms with Crippen LogP contribution in [0.3, 0.4) is 0 Å². The number of amides is 1. The largest absolute Gasteiger partial charge is 0.451 e. The summed E-state index contributed by atoms with van der Waals surface area (Å²) < 4.78 is 10.0. The van der Waals surface area contributed by atoms with E-state index < -0.39 is 0 Å². The number of aromatic nitrogens is 1. The van der Waals surface area contributed by atoms with E-state index in [2.05, 4.69) is 27.1 Å². The molecule has 5 nitrogen and oxygen atoms in total. The van der Waals surface area contributed by atoms with Crippen LogP contribution in [0.1, 0.15) is 29.8 Å². The summed E-state index contributed by atoms with van der Waals surface area (Å²) in [5, 5.41) is 6.66. The molecule has 0 saturated carbocycles. The third kappa shape index (κ3) is 2.85. The molecular weight excluding hydrogens is 346 g/mol. The maximum Gasteiger partial charge on any atom is 0.287 e. The molecule has 0 spiro atoms. The highest BCUT2D eigenvalue weighted by Gasteiger charge is 2.39. The Kier molecular flexibility index (Phi) is 3.87. The Hall–Kier alpha value is -2.44. The summed E-state index contributed by atoms with van der Waals surface area (Å²) in [6, 6.07) is 14.9. The first-order chi connectivity index (χ1) is 12.8. The molecule has 26 heavy (non-hydrogen) atoms. The van der Waals surface area contributed by atoms with Crippen molar-refractivity contribution >= 4 is 17.4 Å². The van der Waals surface area contributed by atoms with Crippen LogP contribution in [0.4, 0.5) is 0 Å². The van der Waals surface area contributed by atoms with Crippen LogP contribution in [0.5, 0.6) is 0 Å².